The summed E-state index contributed by atoms with van der Waals surface area (Å²) >= 11 is 0. The predicted octanol–water partition coefficient (Wildman–Crippen LogP) is 2.26. The molecule has 4 heteroatoms. The lowest BCUT2D eigenvalue weighted by Crippen LogP contribution is -2.27. The Labute approximate surface area is 119 Å². The molecule has 1 heterocycles. The number of pyridine rings is 1. The molecule has 0 bridgehead atoms. The highest BCUT2D eigenvalue weighted by molar-refractivity contribution is 5.29. The predicted molar refractivity (Wildman–Crippen MR) is 78.5 cm³/mol. The third kappa shape index (κ3) is 3.56. The van der Waals surface area contributed by atoms with Crippen molar-refractivity contribution in [2.45, 2.75) is 12.6 Å². The first-order valence-electron chi connectivity index (χ1n) is 6.59. The van der Waals surface area contributed by atoms with Gasteiger partial charge >= 0.3 is 0 Å². The topological polar surface area (TPSA) is 45.6 Å². The molecule has 0 aliphatic heterocycles. The van der Waals surface area contributed by atoms with Gasteiger partial charge in [-0.3, -0.25) is 9.88 Å². The third-order valence-electron chi connectivity index (χ3n) is 3.34. The van der Waals surface area contributed by atoms with E-state index in [9.17, 15) is 5.11 Å². The van der Waals surface area contributed by atoms with Crippen molar-refractivity contribution in [3.8, 4) is 5.75 Å². The first kappa shape index (κ1) is 14.5. The number of likely N-dealkylation sites (N-methyl/N-ethyl adjacent to an activating group) is 1. The molecule has 0 saturated heterocycles. The van der Waals surface area contributed by atoms with Crippen LogP contribution >= 0.6 is 0 Å². The number of methoxy groups -OCH3 is 1. The number of hydrogen-bond donors (Lipinski definition) is 1. The minimum Gasteiger partial charge on any atom is -0.497 e. The Hall–Kier alpha value is -1.91. The molecule has 20 heavy (non-hydrogen) atoms. The highest BCUT2D eigenvalue weighted by Crippen LogP contribution is 2.22. The summed E-state index contributed by atoms with van der Waals surface area (Å²) in [4.78, 5) is 6.40. The Morgan fingerprint density at radius 3 is 2.50 bits per heavy atom. The molecule has 0 spiro atoms. The summed E-state index contributed by atoms with van der Waals surface area (Å²) in [5, 5.41) is 9.66. The van der Waals surface area contributed by atoms with E-state index in [-0.39, 0.29) is 12.6 Å². The van der Waals surface area contributed by atoms with Crippen LogP contribution in [0.4, 0.5) is 0 Å². The Balaban J connectivity index is 2.10. The number of benzene rings is 1. The van der Waals surface area contributed by atoms with E-state index in [1.807, 2.05) is 49.5 Å². The van der Waals surface area contributed by atoms with Gasteiger partial charge in [-0.2, -0.15) is 0 Å². The molecular formula is C16H20N2O2. The van der Waals surface area contributed by atoms with Crippen LogP contribution in [0.1, 0.15) is 17.3 Å². The molecule has 0 radical (unpaired) electrons. The highest BCUT2D eigenvalue weighted by atomic mass is 16.5. The second-order valence-corrected chi connectivity index (χ2v) is 4.71. The van der Waals surface area contributed by atoms with E-state index in [0.717, 1.165) is 17.0 Å². The molecule has 1 aromatic heterocycles. The molecule has 1 N–H and O–H groups in total. The fraction of sp³-hybridized carbons (Fsp3) is 0.312. The molecule has 0 fully saturated rings. The van der Waals surface area contributed by atoms with Crippen LogP contribution in [0, 0.1) is 0 Å². The Bertz CT molecular complexity index is 514. The van der Waals surface area contributed by atoms with Crippen LogP contribution in [0.5, 0.6) is 5.75 Å². The van der Waals surface area contributed by atoms with Gasteiger partial charge in [-0.25, -0.2) is 0 Å². The van der Waals surface area contributed by atoms with Crippen molar-refractivity contribution < 1.29 is 9.84 Å². The number of rotatable bonds is 6. The van der Waals surface area contributed by atoms with Crippen molar-refractivity contribution in [3.05, 3.63) is 59.9 Å². The SMILES string of the molecule is COc1ccc([C@H](CO)N(C)Cc2ccccn2)cc1. The fourth-order valence-corrected chi connectivity index (χ4v) is 2.18. The number of hydrogen-bond acceptors (Lipinski definition) is 4. The van der Waals surface area contributed by atoms with E-state index in [1.54, 1.807) is 13.3 Å². The molecule has 106 valence electrons. The molecule has 0 saturated carbocycles. The van der Waals surface area contributed by atoms with E-state index in [4.69, 9.17) is 4.74 Å². The second kappa shape index (κ2) is 7.03. The Morgan fingerprint density at radius 1 is 1.20 bits per heavy atom. The summed E-state index contributed by atoms with van der Waals surface area (Å²) in [5.41, 5.74) is 2.05. The maximum atomic E-state index is 9.66. The number of aliphatic hydroxyl groups is 1. The molecule has 2 aromatic rings. The zero-order valence-electron chi connectivity index (χ0n) is 11.9. The van der Waals surface area contributed by atoms with Crippen LogP contribution in [-0.2, 0) is 6.54 Å². The lowest BCUT2D eigenvalue weighted by Gasteiger charge is -2.26. The summed E-state index contributed by atoms with van der Waals surface area (Å²) < 4.78 is 5.15. The smallest absolute Gasteiger partial charge is 0.118 e. The lowest BCUT2D eigenvalue weighted by molar-refractivity contribution is 0.141. The van der Waals surface area contributed by atoms with Gasteiger partial charge in [0.2, 0.25) is 0 Å². The van der Waals surface area contributed by atoms with Gasteiger partial charge in [0.15, 0.2) is 0 Å². The van der Waals surface area contributed by atoms with E-state index in [0.29, 0.717) is 6.54 Å². The number of ether oxygens (including phenoxy) is 1. The van der Waals surface area contributed by atoms with Crippen LogP contribution in [0.15, 0.2) is 48.7 Å². The molecule has 1 atom stereocenters. The number of nitrogens with zero attached hydrogens (tertiary/aromatic N) is 2. The summed E-state index contributed by atoms with van der Waals surface area (Å²) in [6.07, 6.45) is 1.78. The Kier molecular flexibility index (Phi) is 5.09. The quantitative estimate of drug-likeness (QED) is 0.876. The number of aliphatic hydroxyl groups excluding tert-OH is 1. The fourth-order valence-electron chi connectivity index (χ4n) is 2.18. The van der Waals surface area contributed by atoms with Crippen molar-refractivity contribution in [3.63, 3.8) is 0 Å². The average Bonchev–Trinajstić information content (AvgIpc) is 2.49. The normalized spacial score (nSPS) is 12.4. The van der Waals surface area contributed by atoms with E-state index in [2.05, 4.69) is 9.88 Å². The molecule has 0 amide bonds. The van der Waals surface area contributed by atoms with Crippen molar-refractivity contribution in [1.29, 1.82) is 0 Å². The maximum Gasteiger partial charge on any atom is 0.118 e. The molecule has 1 aromatic carbocycles. The summed E-state index contributed by atoms with van der Waals surface area (Å²) in [5.74, 6) is 0.817. The summed E-state index contributed by atoms with van der Waals surface area (Å²) in [7, 11) is 3.63. The van der Waals surface area contributed by atoms with Crippen LogP contribution in [-0.4, -0.2) is 35.8 Å². The van der Waals surface area contributed by atoms with Crippen LogP contribution in [0.2, 0.25) is 0 Å². The van der Waals surface area contributed by atoms with Gasteiger partial charge in [-0.1, -0.05) is 18.2 Å². The van der Waals surface area contributed by atoms with Crippen molar-refractivity contribution in [2.24, 2.45) is 0 Å². The van der Waals surface area contributed by atoms with Crippen LogP contribution in [0.25, 0.3) is 0 Å². The minimum atomic E-state index is -0.0529. The van der Waals surface area contributed by atoms with E-state index >= 15 is 0 Å². The highest BCUT2D eigenvalue weighted by Gasteiger charge is 2.16. The second-order valence-electron chi connectivity index (χ2n) is 4.71. The zero-order chi connectivity index (χ0) is 14.4. The average molecular weight is 272 g/mol. The third-order valence-corrected chi connectivity index (χ3v) is 3.34. The standard InChI is InChI=1S/C16H20N2O2/c1-18(11-14-5-3-4-10-17-14)16(12-19)13-6-8-15(20-2)9-7-13/h3-10,16,19H,11-12H2,1-2H3/t16-/m0/s1. The van der Waals surface area contributed by atoms with Gasteiger partial charge in [0.25, 0.3) is 0 Å². The van der Waals surface area contributed by atoms with Gasteiger partial charge in [0.1, 0.15) is 5.75 Å². The van der Waals surface area contributed by atoms with E-state index in [1.165, 1.54) is 0 Å². The van der Waals surface area contributed by atoms with Gasteiger partial charge in [0.05, 0.1) is 25.5 Å². The number of aromatic nitrogens is 1. The van der Waals surface area contributed by atoms with E-state index < -0.39 is 0 Å². The van der Waals surface area contributed by atoms with Crippen LogP contribution < -0.4 is 4.74 Å². The van der Waals surface area contributed by atoms with Gasteiger partial charge in [0, 0.05) is 12.7 Å². The molecule has 2 rings (SSSR count). The summed E-state index contributed by atoms with van der Waals surface area (Å²) in [6.45, 7) is 0.758. The zero-order valence-corrected chi connectivity index (χ0v) is 11.9. The Morgan fingerprint density at radius 2 is 1.95 bits per heavy atom. The summed E-state index contributed by atoms with van der Waals surface area (Å²) in [6, 6.07) is 13.6. The van der Waals surface area contributed by atoms with Crippen molar-refractivity contribution in [2.75, 3.05) is 20.8 Å². The maximum absolute atomic E-state index is 9.66. The first-order valence-corrected chi connectivity index (χ1v) is 6.59. The molecule has 0 aliphatic rings. The molecular weight excluding hydrogens is 252 g/mol. The first-order chi connectivity index (χ1) is 9.74. The van der Waals surface area contributed by atoms with Crippen LogP contribution in [0.3, 0.4) is 0 Å². The minimum absolute atomic E-state index is 0.0529. The van der Waals surface area contributed by atoms with Gasteiger partial charge < -0.3 is 9.84 Å². The molecule has 0 unspecified atom stereocenters. The lowest BCUT2D eigenvalue weighted by atomic mass is 10.1. The molecule has 0 aliphatic carbocycles. The molecule has 4 nitrogen and oxygen atoms in total. The van der Waals surface area contributed by atoms with Crippen molar-refractivity contribution >= 4 is 0 Å². The van der Waals surface area contributed by atoms with Gasteiger partial charge in [-0.15, -0.1) is 0 Å². The van der Waals surface area contributed by atoms with Gasteiger partial charge in [-0.05, 0) is 36.9 Å². The monoisotopic (exact) mass is 272 g/mol. The largest absolute Gasteiger partial charge is 0.497 e. The van der Waals surface area contributed by atoms with Crippen molar-refractivity contribution in [1.82, 2.24) is 9.88 Å².